The zero-order chi connectivity index (χ0) is 16.2. The summed E-state index contributed by atoms with van der Waals surface area (Å²) in [6, 6.07) is 4.06. The molecule has 3 aliphatic rings. The van der Waals surface area contributed by atoms with Gasteiger partial charge >= 0.3 is 0 Å². The van der Waals surface area contributed by atoms with E-state index in [1.165, 1.54) is 0 Å². The molecule has 0 saturated carbocycles. The van der Waals surface area contributed by atoms with Crippen molar-refractivity contribution in [1.82, 2.24) is 0 Å². The summed E-state index contributed by atoms with van der Waals surface area (Å²) in [4.78, 5) is 0. The minimum Gasteiger partial charge on any atom is -0.487 e. The Hall–Kier alpha value is -1.60. The van der Waals surface area contributed by atoms with Crippen LogP contribution < -0.4 is 9.47 Å². The number of ether oxygens (including phenoxy) is 6. The molecule has 6 nitrogen and oxygen atoms in total. The Balaban J connectivity index is 1.49. The van der Waals surface area contributed by atoms with Gasteiger partial charge in [-0.25, -0.2) is 0 Å². The van der Waals surface area contributed by atoms with Gasteiger partial charge in [0.15, 0.2) is 11.5 Å². The van der Waals surface area contributed by atoms with Gasteiger partial charge in [0.1, 0.15) is 25.4 Å². The SMILES string of the molecule is C1=C[C@H]2O[C@@H]1c1cc3c(cc12)OCCOCCOCCOCCO3. The Labute approximate surface area is 141 Å². The molecule has 0 unspecified atom stereocenters. The molecule has 24 heavy (non-hydrogen) atoms. The second kappa shape index (κ2) is 7.53. The van der Waals surface area contributed by atoms with Gasteiger partial charge in [0.25, 0.3) is 0 Å². The summed E-state index contributed by atoms with van der Waals surface area (Å²) in [5.74, 6) is 1.46. The van der Waals surface area contributed by atoms with Gasteiger partial charge < -0.3 is 28.4 Å². The lowest BCUT2D eigenvalue weighted by Crippen LogP contribution is -2.13. The third-order valence-electron chi connectivity index (χ3n) is 4.23. The van der Waals surface area contributed by atoms with Crippen molar-refractivity contribution in [3.05, 3.63) is 35.4 Å². The molecule has 6 heteroatoms. The summed E-state index contributed by atoms with van der Waals surface area (Å²) in [7, 11) is 0. The molecule has 0 spiro atoms. The predicted molar refractivity (Wildman–Crippen MR) is 85.6 cm³/mol. The molecule has 2 bridgehead atoms. The van der Waals surface area contributed by atoms with E-state index in [1.807, 2.05) is 12.1 Å². The van der Waals surface area contributed by atoms with Gasteiger partial charge in [-0.15, -0.1) is 0 Å². The molecule has 0 aromatic heterocycles. The van der Waals surface area contributed by atoms with Gasteiger partial charge in [0.05, 0.1) is 39.6 Å². The van der Waals surface area contributed by atoms with E-state index in [2.05, 4.69) is 12.2 Å². The molecule has 0 N–H and O–H groups in total. The Morgan fingerprint density at radius 2 is 1.00 bits per heavy atom. The first-order chi connectivity index (χ1) is 11.9. The minimum atomic E-state index is 0.0345. The van der Waals surface area contributed by atoms with Crippen LogP contribution in [0.25, 0.3) is 0 Å². The average Bonchev–Trinajstić information content (AvgIpc) is 3.20. The maximum Gasteiger partial charge on any atom is 0.161 e. The molecule has 0 aliphatic carbocycles. The van der Waals surface area contributed by atoms with Crippen molar-refractivity contribution in [2.75, 3.05) is 52.9 Å². The van der Waals surface area contributed by atoms with Crippen LogP contribution in [0.3, 0.4) is 0 Å². The van der Waals surface area contributed by atoms with Gasteiger partial charge in [-0.3, -0.25) is 0 Å². The van der Waals surface area contributed by atoms with E-state index in [-0.39, 0.29) is 12.2 Å². The minimum absolute atomic E-state index is 0.0345. The van der Waals surface area contributed by atoms with Crippen LogP contribution in [0.1, 0.15) is 23.3 Å². The molecule has 2 atom stereocenters. The Morgan fingerprint density at radius 1 is 0.583 bits per heavy atom. The smallest absolute Gasteiger partial charge is 0.161 e. The number of hydrogen-bond acceptors (Lipinski definition) is 6. The normalized spacial score (nSPS) is 27.3. The van der Waals surface area contributed by atoms with E-state index in [0.29, 0.717) is 52.9 Å². The van der Waals surface area contributed by atoms with Crippen LogP contribution in [-0.4, -0.2) is 52.9 Å². The average molecular weight is 334 g/mol. The lowest BCUT2D eigenvalue weighted by Gasteiger charge is -2.16. The maximum atomic E-state index is 5.89. The number of benzene rings is 1. The van der Waals surface area contributed by atoms with E-state index < -0.39 is 0 Å². The molecule has 4 rings (SSSR count). The number of fused-ring (bicyclic) bond motifs is 6. The maximum absolute atomic E-state index is 5.89. The highest BCUT2D eigenvalue weighted by Gasteiger charge is 2.35. The molecule has 1 aromatic rings. The summed E-state index contributed by atoms with van der Waals surface area (Å²) in [6.45, 7) is 4.20. The third-order valence-corrected chi connectivity index (χ3v) is 4.23. The van der Waals surface area contributed by atoms with Gasteiger partial charge in [-0.05, 0) is 23.3 Å². The molecule has 130 valence electrons. The molecule has 1 aromatic carbocycles. The van der Waals surface area contributed by atoms with Crippen molar-refractivity contribution in [2.45, 2.75) is 12.2 Å². The van der Waals surface area contributed by atoms with Crippen LogP contribution in [0, 0.1) is 0 Å². The Bertz CT molecular complexity index is 550. The van der Waals surface area contributed by atoms with E-state index >= 15 is 0 Å². The fourth-order valence-electron chi connectivity index (χ4n) is 3.08. The van der Waals surface area contributed by atoms with Crippen LogP contribution in [0.5, 0.6) is 11.5 Å². The van der Waals surface area contributed by atoms with E-state index in [4.69, 9.17) is 28.4 Å². The topological polar surface area (TPSA) is 55.4 Å². The van der Waals surface area contributed by atoms with Gasteiger partial charge in [0.2, 0.25) is 0 Å². The Morgan fingerprint density at radius 3 is 1.46 bits per heavy atom. The second-order valence-corrected chi connectivity index (χ2v) is 5.82. The molecule has 0 radical (unpaired) electrons. The predicted octanol–water partition coefficient (Wildman–Crippen LogP) is 2.19. The largest absolute Gasteiger partial charge is 0.487 e. The van der Waals surface area contributed by atoms with Crippen molar-refractivity contribution in [1.29, 1.82) is 0 Å². The molecule has 0 saturated heterocycles. The lowest BCUT2D eigenvalue weighted by atomic mass is 9.96. The van der Waals surface area contributed by atoms with E-state index in [0.717, 1.165) is 22.6 Å². The summed E-state index contributed by atoms with van der Waals surface area (Å²) in [5, 5.41) is 0. The number of hydrogen-bond donors (Lipinski definition) is 0. The zero-order valence-corrected chi connectivity index (χ0v) is 13.6. The van der Waals surface area contributed by atoms with Crippen molar-refractivity contribution in [3.8, 4) is 11.5 Å². The van der Waals surface area contributed by atoms with E-state index in [9.17, 15) is 0 Å². The lowest BCUT2D eigenvalue weighted by molar-refractivity contribution is 0.00707. The summed E-state index contributed by atoms with van der Waals surface area (Å²) in [6.07, 6.45) is 4.24. The van der Waals surface area contributed by atoms with Crippen LogP contribution in [0.15, 0.2) is 24.3 Å². The summed E-state index contributed by atoms with van der Waals surface area (Å²) in [5.41, 5.74) is 2.32. The summed E-state index contributed by atoms with van der Waals surface area (Å²) < 4.78 is 34.0. The number of rotatable bonds is 0. The fraction of sp³-hybridized carbons (Fsp3) is 0.556. The van der Waals surface area contributed by atoms with Crippen LogP contribution in [0.2, 0.25) is 0 Å². The molecule has 0 fully saturated rings. The fourth-order valence-corrected chi connectivity index (χ4v) is 3.08. The molecular weight excluding hydrogens is 312 g/mol. The molecule has 3 heterocycles. The van der Waals surface area contributed by atoms with Crippen molar-refractivity contribution in [2.24, 2.45) is 0 Å². The monoisotopic (exact) mass is 334 g/mol. The first-order valence-corrected chi connectivity index (χ1v) is 8.42. The van der Waals surface area contributed by atoms with Crippen LogP contribution in [0.4, 0.5) is 0 Å². The van der Waals surface area contributed by atoms with Gasteiger partial charge in [0, 0.05) is 0 Å². The van der Waals surface area contributed by atoms with Crippen molar-refractivity contribution in [3.63, 3.8) is 0 Å². The van der Waals surface area contributed by atoms with Crippen LogP contribution >= 0.6 is 0 Å². The third kappa shape index (κ3) is 3.42. The molecular formula is C18H22O6. The summed E-state index contributed by atoms with van der Waals surface area (Å²) >= 11 is 0. The zero-order valence-electron chi connectivity index (χ0n) is 13.6. The van der Waals surface area contributed by atoms with Gasteiger partial charge in [-0.1, -0.05) is 12.2 Å². The Kier molecular flexibility index (Phi) is 4.99. The van der Waals surface area contributed by atoms with Crippen molar-refractivity contribution >= 4 is 0 Å². The second-order valence-electron chi connectivity index (χ2n) is 5.82. The highest BCUT2D eigenvalue weighted by Crippen LogP contribution is 2.49. The first-order valence-electron chi connectivity index (χ1n) is 8.42. The molecule has 0 amide bonds. The standard InChI is InChI=1S/C18H22O6/c1-2-16-14-12-18-17(11-13(14)15(1)24-16)22-9-7-20-5-3-19-4-6-21-8-10-23-18/h1-2,11-12,15-16H,3-10H2/t15-,16+. The van der Waals surface area contributed by atoms with Crippen LogP contribution in [-0.2, 0) is 18.9 Å². The van der Waals surface area contributed by atoms with Crippen molar-refractivity contribution < 1.29 is 28.4 Å². The highest BCUT2D eigenvalue weighted by atomic mass is 16.6. The van der Waals surface area contributed by atoms with E-state index in [1.54, 1.807) is 0 Å². The highest BCUT2D eigenvalue weighted by molar-refractivity contribution is 5.54. The quantitative estimate of drug-likeness (QED) is 0.678. The first kappa shape index (κ1) is 15.9. The van der Waals surface area contributed by atoms with Gasteiger partial charge in [-0.2, -0.15) is 0 Å². The molecule has 3 aliphatic heterocycles.